The van der Waals surface area contributed by atoms with Gasteiger partial charge in [0, 0.05) is 21.5 Å². The second-order valence-electron chi connectivity index (χ2n) is 4.57. The number of benzene rings is 1. The van der Waals surface area contributed by atoms with Gasteiger partial charge in [-0.1, -0.05) is 36.2 Å². The molecule has 0 amide bonds. The summed E-state index contributed by atoms with van der Waals surface area (Å²) in [6.07, 6.45) is 3.50. The molecule has 0 fully saturated rings. The Hall–Kier alpha value is -1.43. The minimum absolute atomic E-state index is 0.0637. The van der Waals surface area contributed by atoms with Gasteiger partial charge in [0.1, 0.15) is 24.5 Å². The summed E-state index contributed by atoms with van der Waals surface area (Å²) in [5.41, 5.74) is -1.06. The summed E-state index contributed by atoms with van der Waals surface area (Å²) < 4.78 is 1.45. The molecule has 2 aromatic rings. The molecule has 0 aliphatic carbocycles. The summed E-state index contributed by atoms with van der Waals surface area (Å²) >= 11 is 12.0. The van der Waals surface area contributed by atoms with Crippen molar-refractivity contribution in [1.29, 1.82) is 0 Å². The van der Waals surface area contributed by atoms with Crippen LogP contribution in [0.1, 0.15) is 12.5 Å². The van der Waals surface area contributed by atoms with Gasteiger partial charge in [0.15, 0.2) is 0 Å². The Bertz CT molecular complexity index is 604. The molecule has 2 atom stereocenters. The van der Waals surface area contributed by atoms with Crippen molar-refractivity contribution in [2.45, 2.75) is 19.1 Å². The van der Waals surface area contributed by atoms with E-state index in [-0.39, 0.29) is 6.54 Å². The van der Waals surface area contributed by atoms with E-state index in [1.54, 1.807) is 19.1 Å². The van der Waals surface area contributed by atoms with E-state index in [0.29, 0.717) is 21.9 Å². The average Bonchev–Trinajstić information content (AvgIpc) is 2.90. The van der Waals surface area contributed by atoms with Crippen molar-refractivity contribution in [2.24, 2.45) is 5.92 Å². The SMILES string of the molecule is C[C@H](C=O)[C@@](O)(Cn1cncn1)c1ccc(Cl)cc1Cl. The molecule has 7 heteroatoms. The highest BCUT2D eigenvalue weighted by atomic mass is 35.5. The lowest BCUT2D eigenvalue weighted by atomic mass is 9.83. The van der Waals surface area contributed by atoms with Gasteiger partial charge in [0.2, 0.25) is 0 Å². The van der Waals surface area contributed by atoms with Crippen LogP contribution in [-0.2, 0) is 16.9 Å². The number of hydrogen-bond donors (Lipinski definition) is 1. The van der Waals surface area contributed by atoms with Crippen molar-refractivity contribution >= 4 is 29.5 Å². The van der Waals surface area contributed by atoms with Crippen molar-refractivity contribution in [1.82, 2.24) is 14.8 Å². The first kappa shape index (κ1) is 15.0. The summed E-state index contributed by atoms with van der Waals surface area (Å²) in [6, 6.07) is 4.76. The first-order valence-electron chi connectivity index (χ1n) is 5.93. The minimum Gasteiger partial charge on any atom is -0.382 e. The van der Waals surface area contributed by atoms with Crippen LogP contribution in [0.3, 0.4) is 0 Å². The summed E-state index contributed by atoms with van der Waals surface area (Å²) in [6.45, 7) is 1.68. The van der Waals surface area contributed by atoms with Crippen LogP contribution in [0.2, 0.25) is 10.0 Å². The topological polar surface area (TPSA) is 68.0 Å². The number of aliphatic hydroxyl groups is 1. The zero-order chi connectivity index (χ0) is 14.8. The Balaban J connectivity index is 2.48. The highest BCUT2D eigenvalue weighted by Gasteiger charge is 2.38. The molecule has 20 heavy (non-hydrogen) atoms. The van der Waals surface area contributed by atoms with Gasteiger partial charge in [-0.05, 0) is 12.1 Å². The summed E-state index contributed by atoms with van der Waals surface area (Å²) in [7, 11) is 0. The van der Waals surface area contributed by atoms with Crippen LogP contribution < -0.4 is 0 Å². The van der Waals surface area contributed by atoms with Crippen LogP contribution in [-0.4, -0.2) is 26.2 Å². The van der Waals surface area contributed by atoms with E-state index in [0.717, 1.165) is 0 Å². The molecule has 106 valence electrons. The molecule has 0 spiro atoms. The molecule has 2 rings (SSSR count). The standard InChI is InChI=1S/C13H13Cl2N3O2/c1-9(5-19)13(20,6-18-8-16-7-17-18)11-3-2-10(14)4-12(11)15/h2-5,7-9,20H,6H2,1H3/t9-,13+/m1/s1. The number of hydrogen-bond acceptors (Lipinski definition) is 4. The molecular weight excluding hydrogens is 301 g/mol. The normalized spacial score (nSPS) is 15.6. The number of aromatic nitrogens is 3. The maximum Gasteiger partial charge on any atom is 0.137 e. The van der Waals surface area contributed by atoms with Crippen LogP contribution in [0, 0.1) is 5.92 Å². The van der Waals surface area contributed by atoms with E-state index in [2.05, 4.69) is 10.1 Å². The molecule has 1 heterocycles. The van der Waals surface area contributed by atoms with Crippen molar-refractivity contribution in [2.75, 3.05) is 0 Å². The van der Waals surface area contributed by atoms with Gasteiger partial charge in [-0.3, -0.25) is 0 Å². The molecule has 1 aromatic carbocycles. The third-order valence-electron chi connectivity index (χ3n) is 3.22. The maximum atomic E-state index is 11.2. The number of carbonyl (C=O) groups excluding carboxylic acids is 1. The van der Waals surface area contributed by atoms with Crippen LogP contribution in [0.5, 0.6) is 0 Å². The fourth-order valence-corrected chi connectivity index (χ4v) is 2.56. The van der Waals surface area contributed by atoms with Gasteiger partial charge < -0.3 is 9.90 Å². The molecule has 1 N–H and O–H groups in total. The summed E-state index contributed by atoms with van der Waals surface area (Å²) in [5.74, 6) is -0.676. The van der Waals surface area contributed by atoms with Crippen molar-refractivity contribution in [3.05, 3.63) is 46.5 Å². The highest BCUT2D eigenvalue weighted by Crippen LogP contribution is 2.36. The Morgan fingerprint density at radius 3 is 2.80 bits per heavy atom. The van der Waals surface area contributed by atoms with E-state index in [4.69, 9.17) is 23.2 Å². The molecule has 0 aliphatic rings. The monoisotopic (exact) mass is 313 g/mol. The Labute approximate surface area is 126 Å². The van der Waals surface area contributed by atoms with Gasteiger partial charge >= 0.3 is 0 Å². The third-order valence-corrected chi connectivity index (χ3v) is 3.77. The first-order chi connectivity index (χ1) is 9.47. The average molecular weight is 314 g/mol. The van der Waals surface area contributed by atoms with Gasteiger partial charge in [-0.15, -0.1) is 0 Å². The second kappa shape index (κ2) is 5.91. The summed E-state index contributed by atoms with van der Waals surface area (Å²) in [4.78, 5) is 15.0. The molecule has 0 aliphatic heterocycles. The molecule has 1 aromatic heterocycles. The number of halogens is 2. The zero-order valence-corrected chi connectivity index (χ0v) is 12.2. The van der Waals surface area contributed by atoms with E-state index in [9.17, 15) is 9.90 Å². The first-order valence-corrected chi connectivity index (χ1v) is 6.68. The Kier molecular flexibility index (Phi) is 4.42. The number of aldehydes is 1. The molecule has 0 bridgehead atoms. The number of rotatable bonds is 5. The molecule has 0 saturated carbocycles. The van der Waals surface area contributed by atoms with Crippen molar-refractivity contribution in [3.63, 3.8) is 0 Å². The largest absolute Gasteiger partial charge is 0.382 e. The predicted octanol–water partition coefficient (Wildman–Crippen LogP) is 2.31. The predicted molar refractivity (Wildman–Crippen MR) is 75.6 cm³/mol. The lowest BCUT2D eigenvalue weighted by Gasteiger charge is -2.32. The Morgan fingerprint density at radius 2 is 2.25 bits per heavy atom. The van der Waals surface area contributed by atoms with Crippen molar-refractivity contribution < 1.29 is 9.90 Å². The van der Waals surface area contributed by atoms with E-state index in [1.165, 1.54) is 23.4 Å². The maximum absolute atomic E-state index is 11.2. The minimum atomic E-state index is -1.49. The molecular formula is C13H13Cl2N3O2. The molecule has 0 unspecified atom stereocenters. The fraction of sp³-hybridized carbons (Fsp3) is 0.308. The molecule has 5 nitrogen and oxygen atoms in total. The number of carbonyl (C=O) groups is 1. The van der Waals surface area contributed by atoms with Gasteiger partial charge in [-0.2, -0.15) is 5.10 Å². The van der Waals surface area contributed by atoms with E-state index in [1.807, 2.05) is 0 Å². The van der Waals surface area contributed by atoms with Gasteiger partial charge in [0.05, 0.1) is 6.54 Å². The quantitative estimate of drug-likeness (QED) is 0.860. The Morgan fingerprint density at radius 1 is 1.50 bits per heavy atom. The van der Waals surface area contributed by atoms with Crippen LogP contribution in [0.4, 0.5) is 0 Å². The lowest BCUT2D eigenvalue weighted by Crippen LogP contribution is -2.39. The fourth-order valence-electron chi connectivity index (χ4n) is 1.99. The van der Waals surface area contributed by atoms with Crippen molar-refractivity contribution in [3.8, 4) is 0 Å². The third kappa shape index (κ3) is 2.85. The lowest BCUT2D eigenvalue weighted by molar-refractivity contribution is -0.121. The van der Waals surface area contributed by atoms with Gasteiger partial charge in [-0.25, -0.2) is 9.67 Å². The highest BCUT2D eigenvalue weighted by molar-refractivity contribution is 6.35. The van der Waals surface area contributed by atoms with Crippen LogP contribution in [0.15, 0.2) is 30.9 Å². The van der Waals surface area contributed by atoms with Crippen LogP contribution in [0.25, 0.3) is 0 Å². The molecule has 0 saturated heterocycles. The van der Waals surface area contributed by atoms with Gasteiger partial charge in [0.25, 0.3) is 0 Å². The molecule has 0 radical (unpaired) electrons. The van der Waals surface area contributed by atoms with E-state index < -0.39 is 11.5 Å². The second-order valence-corrected chi connectivity index (χ2v) is 5.41. The summed E-state index contributed by atoms with van der Waals surface area (Å²) in [5, 5.41) is 15.7. The zero-order valence-electron chi connectivity index (χ0n) is 10.7. The smallest absolute Gasteiger partial charge is 0.137 e. The van der Waals surface area contributed by atoms with Crippen LogP contribution >= 0.6 is 23.2 Å². The number of nitrogens with zero attached hydrogens (tertiary/aromatic N) is 3. The van der Waals surface area contributed by atoms with E-state index >= 15 is 0 Å².